The SMILES string of the molecule is Cc1noc(C2CN(C(=O)N(C)C)CCCN2Cc2ccccc2)n1. The third-order valence-corrected chi connectivity index (χ3v) is 4.42. The first-order chi connectivity index (χ1) is 12.0. The molecule has 2 aromatic rings. The second-order valence-electron chi connectivity index (χ2n) is 6.63. The molecule has 0 aliphatic carbocycles. The third kappa shape index (κ3) is 4.17. The summed E-state index contributed by atoms with van der Waals surface area (Å²) < 4.78 is 5.46. The quantitative estimate of drug-likeness (QED) is 0.856. The van der Waals surface area contributed by atoms with Crippen molar-refractivity contribution in [2.75, 3.05) is 33.7 Å². The van der Waals surface area contributed by atoms with Crippen molar-refractivity contribution >= 4 is 6.03 Å². The highest BCUT2D eigenvalue weighted by atomic mass is 16.5. The third-order valence-electron chi connectivity index (χ3n) is 4.42. The van der Waals surface area contributed by atoms with Gasteiger partial charge in [0.25, 0.3) is 0 Å². The van der Waals surface area contributed by atoms with Gasteiger partial charge >= 0.3 is 6.03 Å². The molecule has 0 radical (unpaired) electrons. The maximum absolute atomic E-state index is 12.5. The first kappa shape index (κ1) is 17.4. The minimum atomic E-state index is -0.104. The van der Waals surface area contributed by atoms with E-state index < -0.39 is 0 Å². The van der Waals surface area contributed by atoms with Gasteiger partial charge in [0.05, 0.1) is 0 Å². The maximum Gasteiger partial charge on any atom is 0.319 e. The molecule has 1 atom stereocenters. The molecule has 2 amide bonds. The number of carbonyl (C=O) groups is 1. The van der Waals surface area contributed by atoms with Crippen LogP contribution < -0.4 is 0 Å². The van der Waals surface area contributed by atoms with Crippen LogP contribution in [0.25, 0.3) is 0 Å². The summed E-state index contributed by atoms with van der Waals surface area (Å²) in [5.74, 6) is 1.19. The molecular weight excluding hydrogens is 318 g/mol. The van der Waals surface area contributed by atoms with E-state index in [1.54, 1.807) is 19.0 Å². The van der Waals surface area contributed by atoms with Crippen LogP contribution in [0.1, 0.15) is 29.7 Å². The fourth-order valence-electron chi connectivity index (χ4n) is 3.18. The van der Waals surface area contributed by atoms with Gasteiger partial charge in [-0.25, -0.2) is 4.79 Å². The molecule has 1 aromatic carbocycles. The Hall–Kier alpha value is -2.41. The van der Waals surface area contributed by atoms with Crippen molar-refractivity contribution in [3.8, 4) is 0 Å². The standard InChI is InChI=1S/C18H25N5O2/c1-14-19-17(25-20-14)16-13-23(18(24)21(2)3)11-7-10-22(16)12-15-8-5-4-6-9-15/h4-6,8-9,16H,7,10-13H2,1-3H3. The minimum absolute atomic E-state index is 0.0165. The van der Waals surface area contributed by atoms with Crippen LogP contribution in [0.2, 0.25) is 0 Å². The van der Waals surface area contributed by atoms with Crippen LogP contribution in [0.3, 0.4) is 0 Å². The Kier molecular flexibility index (Phi) is 5.33. The molecule has 1 unspecified atom stereocenters. The van der Waals surface area contributed by atoms with Crippen molar-refractivity contribution in [2.24, 2.45) is 0 Å². The van der Waals surface area contributed by atoms with E-state index in [0.29, 0.717) is 18.3 Å². The number of hydrogen-bond donors (Lipinski definition) is 0. The molecule has 2 heterocycles. The van der Waals surface area contributed by atoms with Gasteiger partial charge in [-0.1, -0.05) is 35.5 Å². The molecule has 1 saturated heterocycles. The molecule has 0 N–H and O–H groups in total. The van der Waals surface area contributed by atoms with Gasteiger partial charge in [-0.05, 0) is 18.9 Å². The molecule has 1 aliphatic rings. The van der Waals surface area contributed by atoms with Crippen LogP contribution in [-0.2, 0) is 6.54 Å². The Balaban J connectivity index is 1.86. The summed E-state index contributed by atoms with van der Waals surface area (Å²) in [5.41, 5.74) is 1.23. The lowest BCUT2D eigenvalue weighted by atomic mass is 10.1. The van der Waals surface area contributed by atoms with E-state index in [1.165, 1.54) is 5.56 Å². The summed E-state index contributed by atoms with van der Waals surface area (Å²) in [4.78, 5) is 22.7. The van der Waals surface area contributed by atoms with Crippen molar-refractivity contribution in [1.29, 1.82) is 0 Å². The van der Waals surface area contributed by atoms with Crippen molar-refractivity contribution in [3.05, 3.63) is 47.6 Å². The van der Waals surface area contributed by atoms with Crippen LogP contribution >= 0.6 is 0 Å². The molecule has 1 aliphatic heterocycles. The van der Waals surface area contributed by atoms with Crippen LogP contribution in [0.5, 0.6) is 0 Å². The normalized spacial score (nSPS) is 18.8. The van der Waals surface area contributed by atoms with Crippen molar-refractivity contribution in [2.45, 2.75) is 25.9 Å². The average Bonchev–Trinajstić information content (AvgIpc) is 2.92. The minimum Gasteiger partial charge on any atom is -0.338 e. The van der Waals surface area contributed by atoms with Crippen molar-refractivity contribution < 1.29 is 9.32 Å². The fourth-order valence-corrected chi connectivity index (χ4v) is 3.18. The Morgan fingerprint density at radius 1 is 1.28 bits per heavy atom. The summed E-state index contributed by atoms with van der Waals surface area (Å²) in [7, 11) is 3.56. The van der Waals surface area contributed by atoms with Gasteiger partial charge in [-0.2, -0.15) is 4.98 Å². The van der Waals surface area contributed by atoms with E-state index in [9.17, 15) is 4.79 Å². The van der Waals surface area contributed by atoms with Crippen LogP contribution in [0.15, 0.2) is 34.9 Å². The molecule has 0 spiro atoms. The van der Waals surface area contributed by atoms with E-state index in [1.807, 2.05) is 30.0 Å². The zero-order valence-corrected chi connectivity index (χ0v) is 15.1. The lowest BCUT2D eigenvalue weighted by molar-refractivity contribution is 0.132. The Bertz CT molecular complexity index is 701. The van der Waals surface area contributed by atoms with E-state index in [0.717, 1.165) is 26.1 Å². The molecule has 7 heteroatoms. The summed E-state index contributed by atoms with van der Waals surface area (Å²) in [5, 5.41) is 3.94. The summed E-state index contributed by atoms with van der Waals surface area (Å²) >= 11 is 0. The van der Waals surface area contributed by atoms with E-state index >= 15 is 0 Å². The van der Waals surface area contributed by atoms with Gasteiger partial charge < -0.3 is 14.3 Å². The molecule has 3 rings (SSSR count). The van der Waals surface area contributed by atoms with E-state index in [4.69, 9.17) is 4.52 Å². The molecule has 7 nitrogen and oxygen atoms in total. The Labute approximate surface area is 148 Å². The summed E-state index contributed by atoms with van der Waals surface area (Å²) in [6, 6.07) is 10.2. The van der Waals surface area contributed by atoms with Gasteiger partial charge in [0, 0.05) is 40.3 Å². The van der Waals surface area contributed by atoms with Crippen molar-refractivity contribution in [1.82, 2.24) is 24.8 Å². The van der Waals surface area contributed by atoms with E-state index in [-0.39, 0.29) is 12.1 Å². The highest BCUT2D eigenvalue weighted by molar-refractivity contribution is 5.73. The molecule has 0 saturated carbocycles. The lowest BCUT2D eigenvalue weighted by Crippen LogP contribution is -2.42. The fraction of sp³-hybridized carbons (Fsp3) is 0.500. The Morgan fingerprint density at radius 2 is 2.04 bits per heavy atom. The average molecular weight is 343 g/mol. The number of hydrogen-bond acceptors (Lipinski definition) is 5. The first-order valence-corrected chi connectivity index (χ1v) is 8.59. The van der Waals surface area contributed by atoms with Gasteiger partial charge in [0.1, 0.15) is 6.04 Å². The summed E-state index contributed by atoms with van der Waals surface area (Å²) in [6.45, 7) is 4.75. The van der Waals surface area contributed by atoms with Gasteiger partial charge in [0.2, 0.25) is 5.89 Å². The number of urea groups is 1. The topological polar surface area (TPSA) is 65.7 Å². The number of benzene rings is 1. The predicted molar refractivity (Wildman–Crippen MR) is 93.9 cm³/mol. The van der Waals surface area contributed by atoms with Gasteiger partial charge in [-0.15, -0.1) is 0 Å². The molecule has 1 fully saturated rings. The smallest absolute Gasteiger partial charge is 0.319 e. The predicted octanol–water partition coefficient (Wildman–Crippen LogP) is 2.31. The second kappa shape index (κ2) is 7.65. The lowest BCUT2D eigenvalue weighted by Gasteiger charge is -2.30. The first-order valence-electron chi connectivity index (χ1n) is 8.59. The highest BCUT2D eigenvalue weighted by Crippen LogP contribution is 2.26. The second-order valence-corrected chi connectivity index (χ2v) is 6.63. The van der Waals surface area contributed by atoms with E-state index in [2.05, 4.69) is 27.2 Å². The molecule has 0 bridgehead atoms. The Morgan fingerprint density at radius 3 is 2.68 bits per heavy atom. The maximum atomic E-state index is 12.5. The van der Waals surface area contributed by atoms with Crippen molar-refractivity contribution in [3.63, 3.8) is 0 Å². The van der Waals surface area contributed by atoms with Gasteiger partial charge in [-0.3, -0.25) is 4.90 Å². The molecule has 25 heavy (non-hydrogen) atoms. The number of nitrogens with zero attached hydrogens (tertiary/aromatic N) is 5. The van der Waals surface area contributed by atoms with Crippen LogP contribution in [-0.4, -0.2) is 64.6 Å². The molecule has 134 valence electrons. The number of rotatable bonds is 3. The number of carbonyl (C=O) groups excluding carboxylic acids is 1. The molecular formula is C18H25N5O2. The van der Waals surface area contributed by atoms with Crippen LogP contribution in [0, 0.1) is 6.92 Å². The zero-order valence-electron chi connectivity index (χ0n) is 15.1. The van der Waals surface area contributed by atoms with Gasteiger partial charge in [0.15, 0.2) is 5.82 Å². The molecule has 1 aromatic heterocycles. The summed E-state index contributed by atoms with van der Waals surface area (Å²) in [6.07, 6.45) is 0.913. The van der Waals surface area contributed by atoms with Crippen LogP contribution in [0.4, 0.5) is 4.79 Å². The highest BCUT2D eigenvalue weighted by Gasteiger charge is 2.32. The number of amides is 2. The number of aromatic nitrogens is 2. The zero-order chi connectivity index (χ0) is 17.8. The largest absolute Gasteiger partial charge is 0.338 e. The number of aryl methyl sites for hydroxylation is 1. The monoisotopic (exact) mass is 343 g/mol.